The molecule has 0 amide bonds. The molecular weight excluding hydrogens is 314 g/mol. The number of ether oxygens (including phenoxy) is 1. The van der Waals surface area contributed by atoms with Gasteiger partial charge in [-0.05, 0) is 24.3 Å². The Balaban J connectivity index is 1.79. The molecule has 0 aromatic carbocycles. The number of anilines is 2. The van der Waals surface area contributed by atoms with E-state index in [0.29, 0.717) is 17.7 Å². The molecule has 1 aliphatic carbocycles. The van der Waals surface area contributed by atoms with Crippen molar-refractivity contribution in [1.29, 1.82) is 0 Å². The van der Waals surface area contributed by atoms with E-state index >= 15 is 0 Å². The Labute approximate surface area is 139 Å². The summed E-state index contributed by atoms with van der Waals surface area (Å²) in [6.07, 6.45) is 3.17. The van der Waals surface area contributed by atoms with Crippen molar-refractivity contribution in [3.05, 3.63) is 23.9 Å². The van der Waals surface area contributed by atoms with E-state index in [1.54, 1.807) is 7.11 Å². The zero-order valence-electron chi connectivity index (χ0n) is 13.4. The molecule has 124 valence electrons. The molecule has 2 aromatic heterocycles. The van der Waals surface area contributed by atoms with Gasteiger partial charge in [0.25, 0.3) is 0 Å². The molecule has 1 fully saturated rings. The summed E-state index contributed by atoms with van der Waals surface area (Å²) in [6.45, 7) is 0. The van der Waals surface area contributed by atoms with Crippen molar-refractivity contribution in [3.8, 4) is 5.88 Å². The number of nitrogens with zero attached hydrogens (tertiary/aromatic N) is 4. The SMILES string of the molecule is COc1ccc([C@@H](Nc2nc(N(C)C)ns2)C2CC(O)C2)cn1. The smallest absolute Gasteiger partial charge is 0.238 e. The lowest BCUT2D eigenvalue weighted by Crippen LogP contribution is -2.36. The summed E-state index contributed by atoms with van der Waals surface area (Å²) in [7, 11) is 5.43. The molecule has 2 N–H and O–H groups in total. The highest BCUT2D eigenvalue weighted by Crippen LogP contribution is 2.40. The van der Waals surface area contributed by atoms with Crippen molar-refractivity contribution in [2.24, 2.45) is 5.92 Å². The van der Waals surface area contributed by atoms with Crippen LogP contribution < -0.4 is 15.0 Å². The summed E-state index contributed by atoms with van der Waals surface area (Å²) in [6, 6.07) is 3.91. The summed E-state index contributed by atoms with van der Waals surface area (Å²) in [5.74, 6) is 1.64. The lowest BCUT2D eigenvalue weighted by atomic mass is 9.75. The molecule has 1 atom stereocenters. The number of pyridine rings is 1. The zero-order valence-corrected chi connectivity index (χ0v) is 14.2. The highest BCUT2D eigenvalue weighted by Gasteiger charge is 2.35. The molecule has 3 rings (SSSR count). The quantitative estimate of drug-likeness (QED) is 0.834. The van der Waals surface area contributed by atoms with Crippen LogP contribution in [0.1, 0.15) is 24.4 Å². The maximum Gasteiger partial charge on any atom is 0.238 e. The maximum atomic E-state index is 9.64. The van der Waals surface area contributed by atoms with Gasteiger partial charge < -0.3 is 20.1 Å². The van der Waals surface area contributed by atoms with Crippen LogP contribution in [0, 0.1) is 5.92 Å². The molecule has 2 aromatic rings. The Morgan fingerprint density at radius 1 is 1.39 bits per heavy atom. The van der Waals surface area contributed by atoms with Crippen LogP contribution in [0.4, 0.5) is 11.1 Å². The standard InChI is InChI=1S/C15H21N5O2S/c1-20(2)14-18-15(23-19-14)17-13(10-6-11(21)7-10)9-4-5-12(22-3)16-8-9/h4-5,8,10-11,13,21H,6-7H2,1-3H3,(H,17,18,19)/t10?,11?,13-/m1/s1. The van der Waals surface area contributed by atoms with E-state index in [1.165, 1.54) is 11.5 Å². The summed E-state index contributed by atoms with van der Waals surface area (Å²) in [5, 5.41) is 13.9. The highest BCUT2D eigenvalue weighted by atomic mass is 32.1. The Morgan fingerprint density at radius 3 is 2.70 bits per heavy atom. The summed E-state index contributed by atoms with van der Waals surface area (Å²) in [5.41, 5.74) is 1.06. The van der Waals surface area contributed by atoms with Crippen LogP contribution in [0.15, 0.2) is 18.3 Å². The van der Waals surface area contributed by atoms with Crippen LogP contribution in [0.2, 0.25) is 0 Å². The monoisotopic (exact) mass is 335 g/mol. The number of methoxy groups -OCH3 is 1. The van der Waals surface area contributed by atoms with E-state index in [0.717, 1.165) is 23.5 Å². The van der Waals surface area contributed by atoms with Crippen molar-refractivity contribution in [1.82, 2.24) is 14.3 Å². The normalized spacial score (nSPS) is 21.4. The van der Waals surface area contributed by atoms with E-state index in [1.807, 2.05) is 37.3 Å². The summed E-state index contributed by atoms with van der Waals surface area (Å²) < 4.78 is 9.43. The Hall–Kier alpha value is -1.93. The predicted molar refractivity (Wildman–Crippen MR) is 90.1 cm³/mol. The van der Waals surface area contributed by atoms with Crippen molar-refractivity contribution in [3.63, 3.8) is 0 Å². The fourth-order valence-corrected chi connectivity index (χ4v) is 3.34. The van der Waals surface area contributed by atoms with E-state index in [2.05, 4.69) is 19.7 Å². The molecule has 7 nitrogen and oxygen atoms in total. The molecule has 0 unspecified atom stereocenters. The molecule has 0 saturated heterocycles. The van der Waals surface area contributed by atoms with Crippen LogP contribution in [-0.4, -0.2) is 46.8 Å². The van der Waals surface area contributed by atoms with Gasteiger partial charge in [0, 0.05) is 37.9 Å². The van der Waals surface area contributed by atoms with E-state index in [9.17, 15) is 5.11 Å². The van der Waals surface area contributed by atoms with Crippen molar-refractivity contribution in [2.75, 3.05) is 31.4 Å². The van der Waals surface area contributed by atoms with Crippen molar-refractivity contribution >= 4 is 22.6 Å². The lowest BCUT2D eigenvalue weighted by molar-refractivity contribution is 0.0339. The van der Waals surface area contributed by atoms with Crippen LogP contribution >= 0.6 is 11.5 Å². The fourth-order valence-electron chi connectivity index (χ4n) is 2.66. The van der Waals surface area contributed by atoms with Gasteiger partial charge in [0.15, 0.2) is 0 Å². The number of hydrogen-bond acceptors (Lipinski definition) is 8. The van der Waals surface area contributed by atoms with Gasteiger partial charge in [0.05, 0.1) is 19.3 Å². The largest absolute Gasteiger partial charge is 0.481 e. The third kappa shape index (κ3) is 3.53. The first-order valence-electron chi connectivity index (χ1n) is 7.52. The third-order valence-electron chi connectivity index (χ3n) is 4.04. The number of aliphatic hydroxyl groups excluding tert-OH is 1. The number of aromatic nitrogens is 3. The first kappa shape index (κ1) is 15.9. The van der Waals surface area contributed by atoms with E-state index in [-0.39, 0.29) is 12.1 Å². The first-order valence-corrected chi connectivity index (χ1v) is 8.29. The average molecular weight is 335 g/mol. The topological polar surface area (TPSA) is 83.4 Å². The molecular formula is C15H21N5O2S. The Bertz CT molecular complexity index is 640. The van der Waals surface area contributed by atoms with Crippen LogP contribution in [0.3, 0.4) is 0 Å². The second-order valence-corrected chi connectivity index (χ2v) is 6.69. The minimum Gasteiger partial charge on any atom is -0.481 e. The van der Waals surface area contributed by atoms with Gasteiger partial charge in [-0.1, -0.05) is 6.07 Å². The average Bonchev–Trinajstić information content (AvgIpc) is 2.99. The molecule has 0 spiro atoms. The number of nitrogens with one attached hydrogen (secondary N) is 1. The van der Waals surface area contributed by atoms with Crippen LogP contribution in [-0.2, 0) is 0 Å². The number of rotatable bonds is 6. The Morgan fingerprint density at radius 2 is 2.17 bits per heavy atom. The van der Waals surface area contributed by atoms with Crippen molar-refractivity contribution in [2.45, 2.75) is 25.0 Å². The lowest BCUT2D eigenvalue weighted by Gasteiger charge is -2.38. The highest BCUT2D eigenvalue weighted by molar-refractivity contribution is 7.09. The van der Waals surface area contributed by atoms with E-state index < -0.39 is 0 Å². The number of hydrogen-bond donors (Lipinski definition) is 2. The van der Waals surface area contributed by atoms with Gasteiger partial charge in [0.1, 0.15) is 0 Å². The molecule has 2 heterocycles. The first-order chi connectivity index (χ1) is 11.1. The Kier molecular flexibility index (Phi) is 4.63. The summed E-state index contributed by atoms with van der Waals surface area (Å²) in [4.78, 5) is 10.6. The maximum absolute atomic E-state index is 9.64. The zero-order chi connectivity index (χ0) is 16.4. The van der Waals surface area contributed by atoms with Gasteiger partial charge in [0.2, 0.25) is 17.0 Å². The van der Waals surface area contributed by atoms with Gasteiger partial charge in [-0.25, -0.2) is 4.98 Å². The minimum atomic E-state index is -0.206. The molecule has 1 saturated carbocycles. The summed E-state index contributed by atoms with van der Waals surface area (Å²) >= 11 is 1.34. The van der Waals surface area contributed by atoms with E-state index in [4.69, 9.17) is 4.74 Å². The predicted octanol–water partition coefficient (Wildman–Crippen LogP) is 1.93. The van der Waals surface area contributed by atoms with Gasteiger partial charge in [-0.3, -0.25) is 0 Å². The number of aliphatic hydroxyl groups is 1. The minimum absolute atomic E-state index is 0.0553. The van der Waals surface area contributed by atoms with Gasteiger partial charge >= 0.3 is 0 Å². The van der Waals surface area contributed by atoms with Gasteiger partial charge in [-0.15, -0.1) is 0 Å². The van der Waals surface area contributed by atoms with Crippen LogP contribution in [0.5, 0.6) is 5.88 Å². The van der Waals surface area contributed by atoms with Crippen LogP contribution in [0.25, 0.3) is 0 Å². The second-order valence-electron chi connectivity index (χ2n) is 5.94. The molecule has 0 bridgehead atoms. The third-order valence-corrected chi connectivity index (χ3v) is 4.68. The van der Waals surface area contributed by atoms with Gasteiger partial charge in [-0.2, -0.15) is 9.36 Å². The van der Waals surface area contributed by atoms with Crippen molar-refractivity contribution < 1.29 is 9.84 Å². The second kappa shape index (κ2) is 6.67. The molecule has 0 aliphatic heterocycles. The molecule has 23 heavy (non-hydrogen) atoms. The molecule has 0 radical (unpaired) electrons. The fraction of sp³-hybridized carbons (Fsp3) is 0.533. The molecule has 8 heteroatoms. The molecule has 1 aliphatic rings.